The van der Waals surface area contributed by atoms with E-state index in [1.54, 1.807) is 0 Å². The first-order chi connectivity index (χ1) is 16.1. The second-order valence-corrected chi connectivity index (χ2v) is 9.47. The summed E-state index contributed by atoms with van der Waals surface area (Å²) < 4.78 is 37.7. The van der Waals surface area contributed by atoms with Gasteiger partial charge in [0.2, 0.25) is 0 Å². The van der Waals surface area contributed by atoms with Crippen molar-refractivity contribution < 1.29 is 33.0 Å². The predicted molar refractivity (Wildman–Crippen MR) is 120 cm³/mol. The summed E-state index contributed by atoms with van der Waals surface area (Å²) in [7, 11) is 0. The van der Waals surface area contributed by atoms with Crippen molar-refractivity contribution in [1.29, 1.82) is 0 Å². The highest BCUT2D eigenvalue weighted by Crippen LogP contribution is 2.50. The lowest BCUT2D eigenvalue weighted by atomic mass is 9.88. The number of carbonyl (C=O) groups is 2. The molecule has 0 aliphatic heterocycles. The smallest absolute Gasteiger partial charge is 0.258 e. The summed E-state index contributed by atoms with van der Waals surface area (Å²) in [6.07, 6.45) is 0.736. The van der Waals surface area contributed by atoms with E-state index in [2.05, 4.69) is 10.6 Å². The zero-order chi connectivity index (χ0) is 24.5. The van der Waals surface area contributed by atoms with Crippen LogP contribution in [0, 0.1) is 11.6 Å². The number of benzene rings is 2. The van der Waals surface area contributed by atoms with Crippen LogP contribution in [0.15, 0.2) is 36.4 Å². The molecule has 2 bridgehead atoms. The van der Waals surface area contributed by atoms with E-state index in [0.717, 1.165) is 12.1 Å². The highest BCUT2D eigenvalue weighted by molar-refractivity contribution is 6.31. The number of aliphatic hydroxyl groups is 1. The lowest BCUT2D eigenvalue weighted by molar-refractivity contribution is -0.127. The van der Waals surface area contributed by atoms with Crippen molar-refractivity contribution in [3.05, 3.63) is 58.1 Å². The van der Waals surface area contributed by atoms with Gasteiger partial charge in [-0.25, -0.2) is 8.78 Å². The Hall–Kier alpha value is -2.62. The summed E-state index contributed by atoms with van der Waals surface area (Å²) in [6, 6.07) is 7.71. The van der Waals surface area contributed by atoms with Crippen LogP contribution in [0.3, 0.4) is 0 Å². The lowest BCUT2D eigenvalue weighted by Gasteiger charge is -2.33. The summed E-state index contributed by atoms with van der Waals surface area (Å²) in [5, 5.41) is 16.3. The number of aliphatic hydroxyl groups excluding tert-OH is 1. The fourth-order valence-corrected chi connectivity index (χ4v) is 4.93. The summed E-state index contributed by atoms with van der Waals surface area (Å²) in [5.41, 5.74) is -1.60. The van der Waals surface area contributed by atoms with Crippen LogP contribution in [0.2, 0.25) is 10.0 Å². The number of rotatable bonds is 8. The first kappa shape index (κ1) is 24.5. The SMILES string of the molecule is O=C(COc1ccc(Cl)c(F)c1)N[C@]12CC[C@](NC(=O)COc3ccc(Cl)c(F)c3)(C1)[C@@H](O)C2. The Morgan fingerprint density at radius 1 is 0.941 bits per heavy atom. The van der Waals surface area contributed by atoms with Crippen LogP contribution < -0.4 is 20.1 Å². The zero-order valence-corrected chi connectivity index (χ0v) is 19.4. The number of ether oxygens (including phenoxy) is 2. The maximum Gasteiger partial charge on any atom is 0.258 e. The van der Waals surface area contributed by atoms with Crippen LogP contribution in [0.5, 0.6) is 11.5 Å². The van der Waals surface area contributed by atoms with Crippen LogP contribution in [0.4, 0.5) is 8.78 Å². The van der Waals surface area contributed by atoms with Gasteiger partial charge >= 0.3 is 0 Å². The highest BCUT2D eigenvalue weighted by atomic mass is 35.5. The minimum atomic E-state index is -0.904. The van der Waals surface area contributed by atoms with E-state index in [9.17, 15) is 23.5 Å². The molecule has 0 unspecified atom stereocenters. The first-order valence-electron chi connectivity index (χ1n) is 10.6. The van der Waals surface area contributed by atoms with E-state index >= 15 is 0 Å². The minimum Gasteiger partial charge on any atom is -0.484 e. The van der Waals surface area contributed by atoms with E-state index in [0.29, 0.717) is 19.3 Å². The average molecular weight is 515 g/mol. The van der Waals surface area contributed by atoms with Gasteiger partial charge in [-0.15, -0.1) is 0 Å². The molecule has 0 aromatic heterocycles. The molecule has 4 rings (SSSR count). The van der Waals surface area contributed by atoms with Gasteiger partial charge in [0.1, 0.15) is 23.1 Å². The quantitative estimate of drug-likeness (QED) is 0.501. The molecule has 7 nitrogen and oxygen atoms in total. The molecular weight excluding hydrogens is 493 g/mol. The molecular formula is C23H22Cl2F2N2O5. The zero-order valence-electron chi connectivity index (χ0n) is 17.9. The summed E-state index contributed by atoms with van der Waals surface area (Å²) in [5.74, 6) is -1.92. The topological polar surface area (TPSA) is 96.9 Å². The fourth-order valence-electron chi connectivity index (χ4n) is 4.69. The molecule has 182 valence electrons. The number of fused-ring (bicyclic) bond motifs is 2. The third-order valence-corrected chi connectivity index (χ3v) is 6.85. The summed E-state index contributed by atoms with van der Waals surface area (Å²) in [6.45, 7) is -0.718. The third kappa shape index (κ3) is 5.21. The largest absolute Gasteiger partial charge is 0.484 e. The van der Waals surface area contributed by atoms with E-state index < -0.39 is 40.6 Å². The molecule has 2 aliphatic carbocycles. The molecule has 2 fully saturated rings. The van der Waals surface area contributed by atoms with Gasteiger partial charge < -0.3 is 25.2 Å². The fraction of sp³-hybridized carbons (Fsp3) is 0.391. The number of hydrogen-bond acceptors (Lipinski definition) is 5. The Labute approximate surface area is 204 Å². The number of amides is 2. The van der Waals surface area contributed by atoms with Gasteiger partial charge in [-0.1, -0.05) is 23.2 Å². The second-order valence-electron chi connectivity index (χ2n) is 8.66. The van der Waals surface area contributed by atoms with Crippen molar-refractivity contribution in [2.75, 3.05) is 13.2 Å². The van der Waals surface area contributed by atoms with E-state index in [1.807, 2.05) is 0 Å². The molecule has 3 atom stereocenters. The molecule has 0 radical (unpaired) electrons. The van der Waals surface area contributed by atoms with E-state index in [1.165, 1.54) is 24.3 Å². The Morgan fingerprint density at radius 2 is 1.47 bits per heavy atom. The average Bonchev–Trinajstić information content (AvgIpc) is 3.26. The summed E-state index contributed by atoms with van der Waals surface area (Å²) in [4.78, 5) is 24.9. The van der Waals surface area contributed by atoms with Gasteiger partial charge in [0.05, 0.1) is 21.7 Å². The molecule has 2 aromatic carbocycles. The second kappa shape index (κ2) is 9.56. The van der Waals surface area contributed by atoms with Crippen LogP contribution >= 0.6 is 23.2 Å². The Kier molecular flexibility index (Phi) is 6.89. The van der Waals surface area contributed by atoms with Crippen LogP contribution in [-0.4, -0.2) is 47.3 Å². The Balaban J connectivity index is 1.30. The van der Waals surface area contributed by atoms with Crippen molar-refractivity contribution >= 4 is 35.0 Å². The predicted octanol–water partition coefficient (Wildman–Crippen LogP) is 3.39. The van der Waals surface area contributed by atoms with Crippen molar-refractivity contribution in [3.8, 4) is 11.5 Å². The van der Waals surface area contributed by atoms with Gasteiger partial charge in [-0.3, -0.25) is 9.59 Å². The van der Waals surface area contributed by atoms with Crippen LogP contribution in [-0.2, 0) is 9.59 Å². The number of nitrogens with one attached hydrogen (secondary N) is 2. The van der Waals surface area contributed by atoms with Crippen LogP contribution in [0.1, 0.15) is 25.7 Å². The molecule has 3 N–H and O–H groups in total. The normalized spacial score (nSPS) is 25.1. The number of carbonyl (C=O) groups excluding carboxylic acids is 2. The number of hydrogen-bond donors (Lipinski definition) is 3. The van der Waals surface area contributed by atoms with Crippen molar-refractivity contribution in [3.63, 3.8) is 0 Å². The maximum atomic E-state index is 13.5. The molecule has 2 saturated carbocycles. The molecule has 2 amide bonds. The minimum absolute atomic E-state index is 0.0503. The standard InChI is InChI=1S/C23H22Cl2F2N2O5/c24-15-3-1-13(7-17(15)26)33-10-20(31)28-22-5-6-23(12-22,19(30)9-22)29-21(32)11-34-14-2-4-16(25)18(27)8-14/h1-4,7-8,19,30H,5-6,9-12H2,(H,28,31)(H,29,32)/t19-,22-,23-/m0/s1. The molecule has 11 heteroatoms. The van der Waals surface area contributed by atoms with Gasteiger partial charge in [0.25, 0.3) is 11.8 Å². The Morgan fingerprint density at radius 3 is 1.97 bits per heavy atom. The van der Waals surface area contributed by atoms with Crippen molar-refractivity contribution in [2.45, 2.75) is 42.9 Å². The summed E-state index contributed by atoms with van der Waals surface area (Å²) >= 11 is 11.3. The van der Waals surface area contributed by atoms with E-state index in [-0.39, 0.29) is 41.2 Å². The van der Waals surface area contributed by atoms with Crippen molar-refractivity contribution in [2.24, 2.45) is 0 Å². The van der Waals surface area contributed by atoms with Gasteiger partial charge in [0, 0.05) is 17.7 Å². The Bertz CT molecular complexity index is 1120. The molecule has 34 heavy (non-hydrogen) atoms. The lowest BCUT2D eigenvalue weighted by Crippen LogP contribution is -2.54. The van der Waals surface area contributed by atoms with Gasteiger partial charge in [0.15, 0.2) is 13.2 Å². The van der Waals surface area contributed by atoms with E-state index in [4.69, 9.17) is 32.7 Å². The molecule has 0 heterocycles. The third-order valence-electron chi connectivity index (χ3n) is 6.24. The monoisotopic (exact) mass is 514 g/mol. The number of halogens is 4. The van der Waals surface area contributed by atoms with Gasteiger partial charge in [-0.05, 0) is 49.9 Å². The van der Waals surface area contributed by atoms with Crippen molar-refractivity contribution in [1.82, 2.24) is 10.6 Å². The molecule has 2 aromatic rings. The van der Waals surface area contributed by atoms with Crippen LogP contribution in [0.25, 0.3) is 0 Å². The van der Waals surface area contributed by atoms with Gasteiger partial charge in [-0.2, -0.15) is 0 Å². The highest BCUT2D eigenvalue weighted by Gasteiger charge is 2.61. The maximum absolute atomic E-state index is 13.5. The molecule has 0 spiro atoms. The molecule has 0 saturated heterocycles. The molecule has 2 aliphatic rings. The first-order valence-corrected chi connectivity index (χ1v) is 11.3.